The molecule has 0 bridgehead atoms. The maximum atomic E-state index is 13.4. The van der Waals surface area contributed by atoms with Gasteiger partial charge in [0.25, 0.3) is 0 Å². The van der Waals surface area contributed by atoms with E-state index in [0.717, 1.165) is 6.07 Å². The first-order valence-corrected chi connectivity index (χ1v) is 5.83. The summed E-state index contributed by atoms with van der Waals surface area (Å²) in [7, 11) is 0. The number of aliphatic hydroxyl groups is 1. The maximum Gasteiger partial charge on any atom is 0.423 e. The highest BCUT2D eigenvalue weighted by Gasteiger charge is 2.54. The molecule has 0 aromatic heterocycles. The number of phenolic OH excluding ortho intramolecular Hbond substituents is 1. The molecule has 0 saturated carbocycles. The summed E-state index contributed by atoms with van der Waals surface area (Å²) in [6.45, 7) is 0. The van der Waals surface area contributed by atoms with Gasteiger partial charge in [-0.05, 0) is 6.07 Å². The molecule has 11 heteroatoms. The number of carbonyl (C=O) groups is 1. The molecule has 0 heterocycles. The number of hydrogen-bond donors (Lipinski definition) is 4. The van der Waals surface area contributed by atoms with E-state index >= 15 is 0 Å². The van der Waals surface area contributed by atoms with E-state index in [2.05, 4.69) is 5.10 Å². The van der Waals surface area contributed by atoms with Crippen LogP contribution in [0.2, 0.25) is 5.02 Å². The molecule has 0 aliphatic heterocycles. The third-order valence-electron chi connectivity index (χ3n) is 2.41. The molecule has 122 valence electrons. The van der Waals surface area contributed by atoms with Gasteiger partial charge in [-0.3, -0.25) is 10.2 Å². The zero-order valence-electron chi connectivity index (χ0n) is 10.5. The number of carboxylic acids is 1. The summed E-state index contributed by atoms with van der Waals surface area (Å²) < 4.78 is 51.3. The molecule has 6 nitrogen and oxygen atoms in total. The van der Waals surface area contributed by atoms with Crippen molar-refractivity contribution in [2.75, 3.05) is 5.43 Å². The standard InChI is InChI=1S/C11H9ClF4N2O4/c12-5-1-6(13)7(2-8(5)19)18-17-4-10(22,3-9(20)21)11(14,15)16/h1-2,4,18-19,22H,3H2,(H,20,21)/b17-4-. The van der Waals surface area contributed by atoms with Gasteiger partial charge < -0.3 is 15.3 Å². The molecule has 1 rings (SSSR count). The monoisotopic (exact) mass is 344 g/mol. The van der Waals surface area contributed by atoms with Crippen LogP contribution in [0.1, 0.15) is 6.42 Å². The van der Waals surface area contributed by atoms with E-state index in [0.29, 0.717) is 6.07 Å². The fourth-order valence-electron chi connectivity index (χ4n) is 1.28. The second kappa shape index (κ2) is 6.36. The van der Waals surface area contributed by atoms with Gasteiger partial charge in [0.05, 0.1) is 23.3 Å². The van der Waals surface area contributed by atoms with Gasteiger partial charge in [0.2, 0.25) is 5.60 Å². The Bertz CT molecular complexity index is 608. The first-order valence-electron chi connectivity index (χ1n) is 5.45. The number of hydrazone groups is 1. The Balaban J connectivity index is 2.99. The lowest BCUT2D eigenvalue weighted by Crippen LogP contribution is -2.48. The number of halogens is 5. The van der Waals surface area contributed by atoms with E-state index in [4.69, 9.17) is 16.7 Å². The van der Waals surface area contributed by atoms with Gasteiger partial charge in [-0.2, -0.15) is 18.3 Å². The van der Waals surface area contributed by atoms with Gasteiger partial charge >= 0.3 is 12.1 Å². The molecule has 1 aromatic rings. The number of benzene rings is 1. The first kappa shape index (κ1) is 18.0. The largest absolute Gasteiger partial charge is 0.506 e. The molecule has 0 saturated heterocycles. The van der Waals surface area contributed by atoms with E-state index in [9.17, 15) is 32.6 Å². The van der Waals surface area contributed by atoms with Gasteiger partial charge in [0.1, 0.15) is 11.6 Å². The van der Waals surface area contributed by atoms with E-state index in [1.165, 1.54) is 0 Å². The Morgan fingerprint density at radius 2 is 2.00 bits per heavy atom. The highest BCUT2D eigenvalue weighted by atomic mass is 35.5. The van der Waals surface area contributed by atoms with Gasteiger partial charge in [0, 0.05) is 6.07 Å². The number of rotatable bonds is 5. The molecule has 0 fully saturated rings. The molecule has 0 spiro atoms. The Hall–Kier alpha value is -2.07. The maximum absolute atomic E-state index is 13.4. The van der Waals surface area contributed by atoms with Gasteiger partial charge in [-0.15, -0.1) is 0 Å². The summed E-state index contributed by atoms with van der Waals surface area (Å²) in [5.41, 5.74) is -2.46. The number of anilines is 1. The minimum absolute atomic E-state index is 0.119. The van der Waals surface area contributed by atoms with Crippen molar-refractivity contribution in [2.45, 2.75) is 18.2 Å². The van der Waals surface area contributed by atoms with Gasteiger partial charge in [-0.25, -0.2) is 4.39 Å². The Morgan fingerprint density at radius 1 is 1.41 bits per heavy atom. The van der Waals surface area contributed by atoms with Crippen LogP contribution in [0, 0.1) is 5.82 Å². The second-order valence-corrected chi connectivity index (χ2v) is 4.55. The van der Waals surface area contributed by atoms with Crippen LogP contribution in [0.15, 0.2) is 17.2 Å². The normalized spacial score (nSPS) is 14.8. The van der Waals surface area contributed by atoms with Crippen molar-refractivity contribution in [1.82, 2.24) is 0 Å². The lowest BCUT2D eigenvalue weighted by atomic mass is 10.0. The molecule has 1 atom stereocenters. The fourth-order valence-corrected chi connectivity index (χ4v) is 1.43. The highest BCUT2D eigenvalue weighted by Crippen LogP contribution is 2.32. The summed E-state index contributed by atoms with van der Waals surface area (Å²) in [6, 6.07) is 1.43. The minimum atomic E-state index is -5.31. The van der Waals surface area contributed by atoms with Crippen molar-refractivity contribution in [3.63, 3.8) is 0 Å². The van der Waals surface area contributed by atoms with E-state index < -0.39 is 41.4 Å². The molecule has 22 heavy (non-hydrogen) atoms. The van der Waals surface area contributed by atoms with E-state index in [-0.39, 0.29) is 11.2 Å². The average Bonchev–Trinajstić information content (AvgIpc) is 2.33. The number of nitrogens with one attached hydrogen (secondary N) is 1. The summed E-state index contributed by atoms with van der Waals surface area (Å²) in [5.74, 6) is -3.51. The number of hydrogen-bond acceptors (Lipinski definition) is 5. The molecule has 1 unspecified atom stereocenters. The molecule has 4 N–H and O–H groups in total. The van der Waals surface area contributed by atoms with Gasteiger partial charge in [-0.1, -0.05) is 11.6 Å². The van der Waals surface area contributed by atoms with Crippen molar-refractivity contribution in [3.8, 4) is 5.75 Å². The Kier molecular flexibility index (Phi) is 5.20. The minimum Gasteiger partial charge on any atom is -0.506 e. The van der Waals surface area contributed by atoms with Crippen molar-refractivity contribution in [2.24, 2.45) is 5.10 Å². The van der Waals surface area contributed by atoms with Crippen LogP contribution < -0.4 is 5.43 Å². The van der Waals surface area contributed by atoms with Crippen molar-refractivity contribution >= 4 is 29.5 Å². The predicted octanol–water partition coefficient (Wildman–Crippen LogP) is 2.35. The third-order valence-corrected chi connectivity index (χ3v) is 2.71. The topological polar surface area (TPSA) is 102 Å². The van der Waals surface area contributed by atoms with Crippen LogP contribution in [0.4, 0.5) is 23.2 Å². The predicted molar refractivity (Wildman–Crippen MR) is 68.4 cm³/mol. The van der Waals surface area contributed by atoms with Crippen LogP contribution in [0.5, 0.6) is 5.75 Å². The zero-order valence-corrected chi connectivity index (χ0v) is 11.3. The van der Waals surface area contributed by atoms with Crippen molar-refractivity contribution < 1.29 is 37.7 Å². The molecular formula is C11H9ClF4N2O4. The van der Waals surface area contributed by atoms with E-state index in [1.54, 1.807) is 5.43 Å². The Labute approximate surface area is 125 Å². The van der Waals surface area contributed by atoms with Crippen molar-refractivity contribution in [1.29, 1.82) is 0 Å². The van der Waals surface area contributed by atoms with Crippen LogP contribution in [-0.4, -0.2) is 39.3 Å². The molecular weight excluding hydrogens is 336 g/mol. The van der Waals surface area contributed by atoms with Crippen LogP contribution in [0.3, 0.4) is 0 Å². The SMILES string of the molecule is O=C(O)CC(O)(/C=N\Nc1cc(O)c(Cl)cc1F)C(F)(F)F. The van der Waals surface area contributed by atoms with Crippen molar-refractivity contribution in [3.05, 3.63) is 23.0 Å². The molecule has 1 aromatic carbocycles. The van der Waals surface area contributed by atoms with Gasteiger partial charge in [0.15, 0.2) is 0 Å². The molecule has 0 radical (unpaired) electrons. The number of carboxylic acid groups (broad SMARTS) is 1. The smallest absolute Gasteiger partial charge is 0.423 e. The fraction of sp³-hybridized carbons (Fsp3) is 0.273. The molecule has 0 amide bonds. The molecule has 0 aliphatic carbocycles. The molecule has 0 aliphatic rings. The number of aromatic hydroxyl groups is 1. The van der Waals surface area contributed by atoms with Crippen LogP contribution in [0.25, 0.3) is 0 Å². The number of phenols is 1. The summed E-state index contributed by atoms with van der Waals surface area (Å²) >= 11 is 5.40. The number of alkyl halides is 3. The van der Waals surface area contributed by atoms with E-state index in [1.807, 2.05) is 0 Å². The van der Waals surface area contributed by atoms with Crippen LogP contribution >= 0.6 is 11.6 Å². The average molecular weight is 345 g/mol. The third kappa shape index (κ3) is 4.21. The summed E-state index contributed by atoms with van der Waals surface area (Å²) in [5, 5.41) is 29.6. The first-order chi connectivity index (χ1) is 9.96. The Morgan fingerprint density at radius 3 is 2.50 bits per heavy atom. The quantitative estimate of drug-likeness (QED) is 0.373. The van der Waals surface area contributed by atoms with Crippen LogP contribution in [-0.2, 0) is 4.79 Å². The summed E-state index contributed by atoms with van der Waals surface area (Å²) in [6.07, 6.45) is -7.11. The lowest BCUT2D eigenvalue weighted by molar-refractivity contribution is -0.232. The highest BCUT2D eigenvalue weighted by molar-refractivity contribution is 6.32. The second-order valence-electron chi connectivity index (χ2n) is 4.15. The number of aliphatic carboxylic acids is 1. The summed E-state index contributed by atoms with van der Waals surface area (Å²) in [4.78, 5) is 10.4. The lowest BCUT2D eigenvalue weighted by Gasteiger charge is -2.24. The zero-order chi connectivity index (χ0) is 17.1. The number of nitrogens with zero attached hydrogens (tertiary/aromatic N) is 1.